The second-order valence-corrected chi connectivity index (χ2v) is 6.90. The van der Waals surface area contributed by atoms with E-state index in [-0.39, 0.29) is 5.69 Å². The maximum Gasteiger partial charge on any atom is 0.354 e. The van der Waals surface area contributed by atoms with Gasteiger partial charge in [-0.3, -0.25) is 0 Å². The van der Waals surface area contributed by atoms with Crippen LogP contribution in [0, 0.1) is 0 Å². The highest BCUT2D eigenvalue weighted by Crippen LogP contribution is 2.38. The van der Waals surface area contributed by atoms with Gasteiger partial charge < -0.3 is 24.6 Å². The number of pyridine rings is 1. The van der Waals surface area contributed by atoms with Gasteiger partial charge in [0.25, 0.3) is 0 Å². The number of halogens is 2. The van der Waals surface area contributed by atoms with Crippen LogP contribution in [0.1, 0.15) is 16.1 Å². The van der Waals surface area contributed by atoms with Gasteiger partial charge in [-0.2, -0.15) is 0 Å². The third-order valence-corrected chi connectivity index (χ3v) is 4.88. The first-order valence-electron chi connectivity index (χ1n) is 8.72. The summed E-state index contributed by atoms with van der Waals surface area (Å²) >= 11 is 12.4. The van der Waals surface area contributed by atoms with Gasteiger partial charge in [0.1, 0.15) is 17.2 Å². The van der Waals surface area contributed by atoms with Crippen LogP contribution in [0.3, 0.4) is 0 Å². The standard InChI is InChI=1S/C21H18Cl2N2O5/c1-28-14-4-6-18(20(8-14)29-2)30-19-9-16(23)15(22)7-12(19)10-24-13-3-5-17(21(26)27)25-11-13/h3-9,11,24H,10H2,1-2H3,(H,26,27). The molecule has 0 atom stereocenters. The molecule has 9 heteroatoms. The van der Waals surface area contributed by atoms with Crippen molar-refractivity contribution in [3.63, 3.8) is 0 Å². The van der Waals surface area contributed by atoms with Gasteiger partial charge in [-0.05, 0) is 30.3 Å². The van der Waals surface area contributed by atoms with Gasteiger partial charge in [-0.1, -0.05) is 23.2 Å². The number of hydrogen-bond acceptors (Lipinski definition) is 6. The molecule has 0 radical (unpaired) electrons. The molecule has 0 bridgehead atoms. The number of carboxylic acid groups (broad SMARTS) is 1. The van der Waals surface area contributed by atoms with E-state index < -0.39 is 5.97 Å². The minimum Gasteiger partial charge on any atom is -0.497 e. The monoisotopic (exact) mass is 448 g/mol. The summed E-state index contributed by atoms with van der Waals surface area (Å²) < 4.78 is 16.6. The van der Waals surface area contributed by atoms with E-state index in [0.717, 1.165) is 5.56 Å². The number of carboxylic acids is 1. The number of nitrogens with zero attached hydrogens (tertiary/aromatic N) is 1. The number of carbonyl (C=O) groups is 1. The second-order valence-electron chi connectivity index (χ2n) is 6.08. The van der Waals surface area contributed by atoms with E-state index in [1.807, 2.05) is 0 Å². The van der Waals surface area contributed by atoms with Crippen LogP contribution in [-0.4, -0.2) is 30.3 Å². The number of hydrogen-bond donors (Lipinski definition) is 2. The Morgan fingerprint density at radius 1 is 1.00 bits per heavy atom. The summed E-state index contributed by atoms with van der Waals surface area (Å²) in [6.07, 6.45) is 1.44. The molecular formula is C21H18Cl2N2O5. The highest BCUT2D eigenvalue weighted by atomic mass is 35.5. The molecular weight excluding hydrogens is 431 g/mol. The summed E-state index contributed by atoms with van der Waals surface area (Å²) in [6.45, 7) is 0.332. The Kier molecular flexibility index (Phi) is 6.87. The molecule has 3 rings (SSSR count). The second kappa shape index (κ2) is 9.56. The summed E-state index contributed by atoms with van der Waals surface area (Å²) in [5.74, 6) is 0.997. The average Bonchev–Trinajstić information content (AvgIpc) is 2.75. The average molecular weight is 449 g/mol. The lowest BCUT2D eigenvalue weighted by molar-refractivity contribution is 0.0690. The predicted octanol–water partition coefficient (Wildman–Crippen LogP) is 5.51. The molecule has 0 aliphatic rings. The molecule has 0 saturated carbocycles. The first-order valence-corrected chi connectivity index (χ1v) is 9.48. The smallest absolute Gasteiger partial charge is 0.354 e. The van der Waals surface area contributed by atoms with Crippen molar-refractivity contribution >= 4 is 34.9 Å². The number of aromatic nitrogens is 1. The van der Waals surface area contributed by atoms with Gasteiger partial charge in [-0.25, -0.2) is 9.78 Å². The molecule has 2 N–H and O–H groups in total. The van der Waals surface area contributed by atoms with Gasteiger partial charge in [0.2, 0.25) is 0 Å². The molecule has 0 aliphatic carbocycles. The Balaban J connectivity index is 1.85. The molecule has 0 spiro atoms. The SMILES string of the molecule is COc1ccc(Oc2cc(Cl)c(Cl)cc2CNc2ccc(C(=O)O)nc2)c(OC)c1. The van der Waals surface area contributed by atoms with E-state index in [0.29, 0.717) is 45.3 Å². The fraction of sp³-hybridized carbons (Fsp3) is 0.143. The van der Waals surface area contributed by atoms with E-state index in [1.54, 1.807) is 43.5 Å². The molecule has 1 heterocycles. The molecule has 0 unspecified atom stereocenters. The fourth-order valence-electron chi connectivity index (χ4n) is 2.60. The van der Waals surface area contributed by atoms with E-state index in [2.05, 4.69) is 10.3 Å². The summed E-state index contributed by atoms with van der Waals surface area (Å²) in [6, 6.07) is 11.5. The first-order chi connectivity index (χ1) is 14.4. The normalized spacial score (nSPS) is 10.4. The molecule has 3 aromatic rings. The molecule has 0 fully saturated rings. The molecule has 0 aliphatic heterocycles. The van der Waals surface area contributed by atoms with E-state index in [1.165, 1.54) is 19.4 Å². The zero-order valence-electron chi connectivity index (χ0n) is 16.1. The number of ether oxygens (including phenoxy) is 3. The third kappa shape index (κ3) is 5.06. The van der Waals surface area contributed by atoms with Crippen molar-refractivity contribution < 1.29 is 24.1 Å². The van der Waals surface area contributed by atoms with E-state index in [4.69, 9.17) is 42.5 Å². The van der Waals surface area contributed by atoms with Crippen molar-refractivity contribution in [2.75, 3.05) is 19.5 Å². The maximum absolute atomic E-state index is 10.9. The molecule has 156 valence electrons. The Bertz CT molecular complexity index is 1060. The number of benzene rings is 2. The zero-order valence-corrected chi connectivity index (χ0v) is 17.6. The van der Waals surface area contributed by atoms with Gasteiger partial charge in [0.15, 0.2) is 11.5 Å². The highest BCUT2D eigenvalue weighted by Gasteiger charge is 2.14. The lowest BCUT2D eigenvalue weighted by Crippen LogP contribution is -2.04. The Hall–Kier alpha value is -3.16. The molecule has 7 nitrogen and oxygen atoms in total. The van der Waals surface area contributed by atoms with Crippen molar-refractivity contribution in [1.82, 2.24) is 4.98 Å². The van der Waals surface area contributed by atoms with Gasteiger partial charge >= 0.3 is 5.97 Å². The quantitative estimate of drug-likeness (QED) is 0.469. The van der Waals surface area contributed by atoms with E-state index in [9.17, 15) is 4.79 Å². The lowest BCUT2D eigenvalue weighted by Gasteiger charge is -2.16. The maximum atomic E-state index is 10.9. The Morgan fingerprint density at radius 2 is 1.77 bits per heavy atom. The van der Waals surface area contributed by atoms with Gasteiger partial charge in [-0.15, -0.1) is 0 Å². The summed E-state index contributed by atoms with van der Waals surface area (Å²) in [5.41, 5.74) is 1.33. The van der Waals surface area contributed by atoms with Crippen LogP contribution < -0.4 is 19.5 Å². The largest absolute Gasteiger partial charge is 0.497 e. The summed E-state index contributed by atoms with van der Waals surface area (Å²) in [5, 5.41) is 12.8. The molecule has 0 amide bonds. The fourth-order valence-corrected chi connectivity index (χ4v) is 2.94. The Labute approximate surface area is 183 Å². The molecule has 30 heavy (non-hydrogen) atoms. The molecule has 2 aromatic carbocycles. The van der Waals surface area contributed by atoms with Crippen LogP contribution in [0.4, 0.5) is 5.69 Å². The van der Waals surface area contributed by atoms with Crippen molar-refractivity contribution in [3.05, 3.63) is 70.0 Å². The van der Waals surface area contributed by atoms with Crippen LogP contribution in [0.5, 0.6) is 23.0 Å². The number of methoxy groups -OCH3 is 2. The topological polar surface area (TPSA) is 89.9 Å². The van der Waals surface area contributed by atoms with Crippen LogP contribution in [0.2, 0.25) is 10.0 Å². The predicted molar refractivity (Wildman–Crippen MR) is 115 cm³/mol. The molecule has 1 aromatic heterocycles. The highest BCUT2D eigenvalue weighted by molar-refractivity contribution is 6.42. The van der Waals surface area contributed by atoms with Crippen LogP contribution in [0.15, 0.2) is 48.7 Å². The lowest BCUT2D eigenvalue weighted by atomic mass is 10.2. The molecule has 0 saturated heterocycles. The van der Waals surface area contributed by atoms with Crippen LogP contribution in [-0.2, 0) is 6.54 Å². The number of nitrogens with one attached hydrogen (secondary N) is 1. The summed E-state index contributed by atoms with van der Waals surface area (Å²) in [4.78, 5) is 14.8. The summed E-state index contributed by atoms with van der Waals surface area (Å²) in [7, 11) is 3.10. The third-order valence-electron chi connectivity index (χ3n) is 4.16. The van der Waals surface area contributed by atoms with Crippen LogP contribution in [0.25, 0.3) is 0 Å². The number of aromatic carboxylic acids is 1. The first kappa shape index (κ1) is 21.5. The van der Waals surface area contributed by atoms with Crippen LogP contribution >= 0.6 is 23.2 Å². The number of anilines is 1. The van der Waals surface area contributed by atoms with Gasteiger partial charge in [0.05, 0.1) is 36.1 Å². The zero-order chi connectivity index (χ0) is 21.7. The van der Waals surface area contributed by atoms with Crippen molar-refractivity contribution in [2.45, 2.75) is 6.54 Å². The minimum absolute atomic E-state index is 0.0364. The van der Waals surface area contributed by atoms with Gasteiger partial charge in [0, 0.05) is 24.2 Å². The minimum atomic E-state index is -1.09. The van der Waals surface area contributed by atoms with Crippen molar-refractivity contribution in [3.8, 4) is 23.0 Å². The van der Waals surface area contributed by atoms with Crippen molar-refractivity contribution in [2.24, 2.45) is 0 Å². The van der Waals surface area contributed by atoms with E-state index >= 15 is 0 Å². The number of rotatable bonds is 8. The Morgan fingerprint density at radius 3 is 2.40 bits per heavy atom. The van der Waals surface area contributed by atoms with Crippen molar-refractivity contribution in [1.29, 1.82) is 0 Å².